The largest absolute Gasteiger partial charge is 0.491 e. The Labute approximate surface area is 130 Å². The van der Waals surface area contributed by atoms with Crippen molar-refractivity contribution in [1.82, 2.24) is 4.57 Å². The number of rotatable bonds is 5. The van der Waals surface area contributed by atoms with E-state index in [1.807, 2.05) is 24.3 Å². The lowest BCUT2D eigenvalue weighted by molar-refractivity contribution is 0.0971. The minimum absolute atomic E-state index is 0.00380. The van der Waals surface area contributed by atoms with Crippen LogP contribution in [0.1, 0.15) is 41.4 Å². The Bertz CT molecular complexity index is 727. The second-order valence-corrected chi connectivity index (χ2v) is 5.63. The van der Waals surface area contributed by atoms with Gasteiger partial charge in [0.25, 0.3) is 0 Å². The number of hydrogen-bond donors (Lipinski definition) is 0. The molecule has 2 rings (SSSR count). The summed E-state index contributed by atoms with van der Waals surface area (Å²) in [4.78, 5) is 24.0. The molecule has 0 saturated carbocycles. The van der Waals surface area contributed by atoms with Crippen molar-refractivity contribution in [1.29, 1.82) is 0 Å². The summed E-state index contributed by atoms with van der Waals surface area (Å²) in [6.07, 6.45) is 1.63. The third-order valence-electron chi connectivity index (χ3n) is 3.81. The number of hydrogen-bond acceptors (Lipinski definition) is 3. The van der Waals surface area contributed by atoms with Gasteiger partial charge >= 0.3 is 0 Å². The molecule has 0 fully saturated rings. The van der Waals surface area contributed by atoms with E-state index in [1.165, 1.54) is 18.7 Å². The van der Waals surface area contributed by atoms with Crippen LogP contribution in [0.15, 0.2) is 41.3 Å². The highest BCUT2D eigenvalue weighted by atomic mass is 16.5. The molecule has 1 aromatic heterocycles. The lowest BCUT2D eigenvalue weighted by Gasteiger charge is -2.13. The van der Waals surface area contributed by atoms with Crippen molar-refractivity contribution in [3.63, 3.8) is 0 Å². The van der Waals surface area contributed by atoms with Gasteiger partial charge in [0.2, 0.25) is 5.43 Å². The first-order chi connectivity index (χ1) is 10.4. The van der Waals surface area contributed by atoms with E-state index in [0.29, 0.717) is 17.2 Å². The summed E-state index contributed by atoms with van der Waals surface area (Å²) in [6, 6.07) is 9.09. The van der Waals surface area contributed by atoms with Crippen molar-refractivity contribution in [2.45, 2.75) is 33.2 Å². The van der Waals surface area contributed by atoms with Gasteiger partial charge in [0.15, 0.2) is 11.5 Å². The van der Waals surface area contributed by atoms with Crippen LogP contribution >= 0.6 is 0 Å². The van der Waals surface area contributed by atoms with Crippen LogP contribution in [0.2, 0.25) is 0 Å². The van der Waals surface area contributed by atoms with Gasteiger partial charge in [0, 0.05) is 17.8 Å². The van der Waals surface area contributed by atoms with Crippen molar-refractivity contribution in [3.05, 3.63) is 63.6 Å². The zero-order valence-corrected chi connectivity index (χ0v) is 13.4. The number of Topliss-reactive ketones (excluding diaryl/α,β-unsaturated/α-hetero) is 1. The van der Waals surface area contributed by atoms with Crippen LogP contribution in [0.5, 0.6) is 5.75 Å². The fourth-order valence-electron chi connectivity index (χ4n) is 2.37. The van der Waals surface area contributed by atoms with Gasteiger partial charge in [-0.1, -0.05) is 38.1 Å². The van der Waals surface area contributed by atoms with Crippen LogP contribution in [0.25, 0.3) is 0 Å². The van der Waals surface area contributed by atoms with Crippen LogP contribution in [-0.2, 0) is 6.54 Å². The molecule has 0 unspecified atom stereocenters. The summed E-state index contributed by atoms with van der Waals surface area (Å²) < 4.78 is 6.84. The van der Waals surface area contributed by atoms with E-state index in [2.05, 4.69) is 13.8 Å². The Balaban J connectivity index is 2.24. The fraction of sp³-hybridized carbons (Fsp3) is 0.333. The molecule has 0 aliphatic carbocycles. The summed E-state index contributed by atoms with van der Waals surface area (Å²) in [5, 5.41) is 0. The third-order valence-corrected chi connectivity index (χ3v) is 3.81. The van der Waals surface area contributed by atoms with Gasteiger partial charge in [-0.3, -0.25) is 9.59 Å². The molecule has 0 aliphatic rings. The minimum atomic E-state index is -0.176. The standard InChI is InChI=1S/C18H21NO3/c1-12(2)14-5-7-15(8-6-14)17(21)11-19-10-9-16(20)18(22-4)13(19)3/h5-10,12H,11H2,1-4H3. The quantitative estimate of drug-likeness (QED) is 0.797. The van der Waals surface area contributed by atoms with Crippen molar-refractivity contribution >= 4 is 5.78 Å². The van der Waals surface area contributed by atoms with E-state index in [-0.39, 0.29) is 23.5 Å². The van der Waals surface area contributed by atoms with E-state index in [1.54, 1.807) is 17.7 Å². The molecule has 4 heteroatoms. The highest BCUT2D eigenvalue weighted by Gasteiger charge is 2.12. The highest BCUT2D eigenvalue weighted by Crippen LogP contribution is 2.16. The lowest BCUT2D eigenvalue weighted by atomic mass is 10.0. The van der Waals surface area contributed by atoms with Crippen molar-refractivity contribution in [2.24, 2.45) is 0 Å². The number of ketones is 1. The number of benzene rings is 1. The summed E-state index contributed by atoms with van der Waals surface area (Å²) in [5.74, 6) is 0.726. The first kappa shape index (κ1) is 16.0. The Morgan fingerprint density at radius 1 is 1.18 bits per heavy atom. The Hall–Kier alpha value is -2.36. The van der Waals surface area contributed by atoms with Crippen molar-refractivity contribution in [2.75, 3.05) is 7.11 Å². The maximum absolute atomic E-state index is 12.4. The van der Waals surface area contributed by atoms with Gasteiger partial charge in [0.1, 0.15) is 0 Å². The summed E-state index contributed by atoms with van der Waals surface area (Å²) >= 11 is 0. The molecule has 0 amide bonds. The van der Waals surface area contributed by atoms with E-state index in [9.17, 15) is 9.59 Å². The van der Waals surface area contributed by atoms with E-state index >= 15 is 0 Å². The van der Waals surface area contributed by atoms with E-state index < -0.39 is 0 Å². The number of pyridine rings is 1. The molecule has 116 valence electrons. The number of carbonyl (C=O) groups is 1. The molecule has 1 aromatic carbocycles. The summed E-state index contributed by atoms with van der Waals surface area (Å²) in [7, 11) is 1.46. The average molecular weight is 299 g/mol. The number of methoxy groups -OCH3 is 1. The van der Waals surface area contributed by atoms with Crippen LogP contribution in [0.3, 0.4) is 0 Å². The van der Waals surface area contributed by atoms with Gasteiger partial charge in [0.05, 0.1) is 19.3 Å². The molecule has 0 saturated heterocycles. The molecule has 1 heterocycles. The molecule has 0 aliphatic heterocycles. The summed E-state index contributed by atoms with van der Waals surface area (Å²) in [5.41, 5.74) is 2.35. The van der Waals surface area contributed by atoms with E-state index in [0.717, 1.165) is 0 Å². The highest BCUT2D eigenvalue weighted by molar-refractivity contribution is 5.96. The molecule has 0 radical (unpaired) electrons. The molecule has 0 bridgehead atoms. The predicted octanol–water partition coefficient (Wildman–Crippen LogP) is 3.17. The Kier molecular flexibility index (Phi) is 4.81. The van der Waals surface area contributed by atoms with E-state index in [4.69, 9.17) is 4.74 Å². The molecule has 0 atom stereocenters. The van der Waals surface area contributed by atoms with Gasteiger partial charge in [-0.2, -0.15) is 0 Å². The van der Waals surface area contributed by atoms with Gasteiger partial charge in [-0.25, -0.2) is 0 Å². The minimum Gasteiger partial charge on any atom is -0.491 e. The number of nitrogens with zero attached hydrogens (tertiary/aromatic N) is 1. The maximum Gasteiger partial charge on any atom is 0.223 e. The molecule has 0 N–H and O–H groups in total. The Morgan fingerprint density at radius 3 is 2.36 bits per heavy atom. The van der Waals surface area contributed by atoms with Crippen LogP contribution in [0.4, 0.5) is 0 Å². The third kappa shape index (κ3) is 3.27. The lowest BCUT2D eigenvalue weighted by Crippen LogP contribution is -2.17. The topological polar surface area (TPSA) is 48.3 Å². The smallest absolute Gasteiger partial charge is 0.223 e. The molecule has 4 nitrogen and oxygen atoms in total. The van der Waals surface area contributed by atoms with Crippen LogP contribution in [0, 0.1) is 6.92 Å². The monoisotopic (exact) mass is 299 g/mol. The van der Waals surface area contributed by atoms with Crippen LogP contribution < -0.4 is 10.2 Å². The molecule has 22 heavy (non-hydrogen) atoms. The van der Waals surface area contributed by atoms with Crippen molar-refractivity contribution in [3.8, 4) is 5.75 Å². The SMILES string of the molecule is COc1c(C)n(CC(=O)c2ccc(C(C)C)cc2)ccc1=O. The molecular weight excluding hydrogens is 278 g/mol. The second-order valence-electron chi connectivity index (χ2n) is 5.63. The maximum atomic E-state index is 12.4. The number of aromatic nitrogens is 1. The van der Waals surface area contributed by atoms with Gasteiger partial charge < -0.3 is 9.30 Å². The second kappa shape index (κ2) is 6.60. The fourth-order valence-corrected chi connectivity index (χ4v) is 2.37. The first-order valence-electron chi connectivity index (χ1n) is 7.31. The number of carbonyl (C=O) groups excluding carboxylic acids is 1. The number of ether oxygens (including phenoxy) is 1. The summed E-state index contributed by atoms with van der Waals surface area (Å²) in [6.45, 7) is 6.19. The normalized spacial score (nSPS) is 10.8. The Morgan fingerprint density at radius 2 is 1.82 bits per heavy atom. The molecule has 0 spiro atoms. The van der Waals surface area contributed by atoms with Gasteiger partial charge in [-0.15, -0.1) is 0 Å². The zero-order valence-electron chi connectivity index (χ0n) is 13.4. The average Bonchev–Trinajstić information content (AvgIpc) is 2.50. The zero-order chi connectivity index (χ0) is 16.3. The van der Waals surface area contributed by atoms with Crippen LogP contribution in [-0.4, -0.2) is 17.5 Å². The van der Waals surface area contributed by atoms with Crippen molar-refractivity contribution < 1.29 is 9.53 Å². The predicted molar refractivity (Wildman–Crippen MR) is 86.9 cm³/mol. The molecule has 2 aromatic rings. The van der Waals surface area contributed by atoms with Gasteiger partial charge in [-0.05, 0) is 18.4 Å². The molecular formula is C18H21NO3. The first-order valence-corrected chi connectivity index (χ1v) is 7.31.